The van der Waals surface area contributed by atoms with E-state index in [1.54, 1.807) is 0 Å². The first kappa shape index (κ1) is 13.7. The monoisotopic (exact) mass is 248 g/mol. The van der Waals surface area contributed by atoms with E-state index in [-0.39, 0.29) is 24.4 Å². The predicted octanol–water partition coefficient (Wildman–Crippen LogP) is 0.703. The number of carbonyl (C=O) groups excluding carboxylic acids is 1. The molecule has 2 fully saturated rings. The quantitative estimate of drug-likeness (QED) is 0.770. The van der Waals surface area contributed by atoms with Gasteiger partial charge in [0.25, 0.3) is 0 Å². The lowest BCUT2D eigenvalue weighted by Crippen LogP contribution is -2.48. The van der Waals surface area contributed by atoms with E-state index in [4.69, 9.17) is 4.74 Å². The number of halogens is 1. The van der Waals surface area contributed by atoms with Crippen LogP contribution in [0.1, 0.15) is 25.7 Å². The highest BCUT2D eigenvalue weighted by molar-refractivity contribution is 5.85. The maximum atomic E-state index is 11.5. The lowest BCUT2D eigenvalue weighted by atomic mass is 10.0. The van der Waals surface area contributed by atoms with Crippen LogP contribution in [0.3, 0.4) is 0 Å². The zero-order valence-electron chi connectivity index (χ0n) is 9.54. The van der Waals surface area contributed by atoms with E-state index in [0.717, 1.165) is 39.1 Å². The molecule has 0 radical (unpaired) electrons. The smallest absolute Gasteiger partial charge is 0.222 e. The Labute approximate surface area is 103 Å². The Morgan fingerprint density at radius 1 is 1.38 bits per heavy atom. The van der Waals surface area contributed by atoms with Gasteiger partial charge in [-0.1, -0.05) is 0 Å². The molecule has 0 aromatic rings. The minimum atomic E-state index is 0. The highest BCUT2D eigenvalue weighted by atomic mass is 35.5. The molecule has 2 aliphatic heterocycles. The van der Waals surface area contributed by atoms with E-state index in [2.05, 4.69) is 10.6 Å². The van der Waals surface area contributed by atoms with Gasteiger partial charge in [0, 0.05) is 32.2 Å². The summed E-state index contributed by atoms with van der Waals surface area (Å²) in [4.78, 5) is 11.5. The Kier molecular flexibility index (Phi) is 6.09. The van der Waals surface area contributed by atoms with Crippen molar-refractivity contribution in [1.82, 2.24) is 10.6 Å². The second-order valence-corrected chi connectivity index (χ2v) is 4.52. The molecule has 0 spiro atoms. The summed E-state index contributed by atoms with van der Waals surface area (Å²) in [6, 6.07) is 0. The van der Waals surface area contributed by atoms with Gasteiger partial charge in [0.05, 0.1) is 12.5 Å². The topological polar surface area (TPSA) is 50.4 Å². The molecule has 0 bridgehead atoms. The van der Waals surface area contributed by atoms with E-state index < -0.39 is 0 Å². The molecule has 94 valence electrons. The van der Waals surface area contributed by atoms with Crippen molar-refractivity contribution in [3.63, 3.8) is 0 Å². The highest BCUT2D eigenvalue weighted by Gasteiger charge is 2.20. The number of rotatable bonds is 4. The van der Waals surface area contributed by atoms with Gasteiger partial charge in [-0.3, -0.25) is 4.79 Å². The van der Waals surface area contributed by atoms with Crippen LogP contribution in [0.4, 0.5) is 0 Å². The van der Waals surface area contributed by atoms with Crippen LogP contribution in [0.5, 0.6) is 0 Å². The third-order valence-electron chi connectivity index (χ3n) is 3.14. The predicted molar refractivity (Wildman–Crippen MR) is 64.8 cm³/mol. The maximum absolute atomic E-state index is 11.5. The molecule has 0 saturated carbocycles. The van der Waals surface area contributed by atoms with Gasteiger partial charge in [-0.2, -0.15) is 0 Å². The largest absolute Gasteiger partial charge is 0.378 e. The number of ether oxygens (including phenoxy) is 1. The highest BCUT2D eigenvalue weighted by Crippen LogP contribution is 2.15. The Balaban J connectivity index is 0.00000128. The lowest BCUT2D eigenvalue weighted by Gasteiger charge is -2.27. The average Bonchev–Trinajstić information content (AvgIpc) is 2.17. The summed E-state index contributed by atoms with van der Waals surface area (Å²) in [5, 5.41) is 6.16. The van der Waals surface area contributed by atoms with Gasteiger partial charge in [-0.15, -0.1) is 12.4 Å². The molecule has 2 saturated heterocycles. The molecule has 1 atom stereocenters. The van der Waals surface area contributed by atoms with Crippen molar-refractivity contribution in [3.05, 3.63) is 0 Å². The van der Waals surface area contributed by atoms with Crippen LogP contribution >= 0.6 is 12.4 Å². The second kappa shape index (κ2) is 7.09. The number of amides is 1. The van der Waals surface area contributed by atoms with E-state index in [9.17, 15) is 4.79 Å². The number of hydrogen-bond donors (Lipinski definition) is 2. The van der Waals surface area contributed by atoms with Crippen molar-refractivity contribution in [1.29, 1.82) is 0 Å². The zero-order chi connectivity index (χ0) is 10.5. The first-order valence-electron chi connectivity index (χ1n) is 5.93. The van der Waals surface area contributed by atoms with Crippen LogP contribution in [-0.4, -0.2) is 38.3 Å². The van der Waals surface area contributed by atoms with Crippen molar-refractivity contribution in [2.45, 2.75) is 31.8 Å². The molecular formula is C11H21ClN2O2. The van der Waals surface area contributed by atoms with Gasteiger partial charge in [-0.25, -0.2) is 0 Å². The van der Waals surface area contributed by atoms with E-state index >= 15 is 0 Å². The molecule has 2 heterocycles. The maximum Gasteiger partial charge on any atom is 0.222 e. The minimum Gasteiger partial charge on any atom is -0.378 e. The summed E-state index contributed by atoms with van der Waals surface area (Å²) in [6.45, 7) is 3.73. The van der Waals surface area contributed by atoms with E-state index in [1.807, 2.05) is 0 Å². The van der Waals surface area contributed by atoms with Crippen LogP contribution in [0, 0.1) is 5.92 Å². The molecule has 4 nitrogen and oxygen atoms in total. The third kappa shape index (κ3) is 4.28. The Hall–Kier alpha value is -0.320. The van der Waals surface area contributed by atoms with Gasteiger partial charge < -0.3 is 15.4 Å². The minimum absolute atomic E-state index is 0. The standard InChI is InChI=1S/C11H20N2O2.ClH/c14-11(13-8-9-6-12-7-9)5-10-3-1-2-4-15-10;/h9-10,12H,1-8H2,(H,13,14);1H. The zero-order valence-corrected chi connectivity index (χ0v) is 10.4. The van der Waals surface area contributed by atoms with Crippen molar-refractivity contribution >= 4 is 18.3 Å². The molecule has 1 unspecified atom stereocenters. The van der Waals surface area contributed by atoms with Gasteiger partial charge in [0.1, 0.15) is 0 Å². The summed E-state index contributed by atoms with van der Waals surface area (Å²) in [7, 11) is 0. The second-order valence-electron chi connectivity index (χ2n) is 4.52. The average molecular weight is 249 g/mol. The van der Waals surface area contributed by atoms with E-state index in [0.29, 0.717) is 12.3 Å². The van der Waals surface area contributed by atoms with Crippen LogP contribution in [0.2, 0.25) is 0 Å². The Bertz CT molecular complexity index is 216. The van der Waals surface area contributed by atoms with Gasteiger partial charge >= 0.3 is 0 Å². The number of nitrogens with one attached hydrogen (secondary N) is 2. The van der Waals surface area contributed by atoms with Crippen LogP contribution < -0.4 is 10.6 Å². The van der Waals surface area contributed by atoms with Crippen LogP contribution in [-0.2, 0) is 9.53 Å². The summed E-state index contributed by atoms with van der Waals surface area (Å²) in [6.07, 6.45) is 4.09. The molecule has 1 amide bonds. The van der Waals surface area contributed by atoms with Crippen molar-refractivity contribution < 1.29 is 9.53 Å². The summed E-state index contributed by atoms with van der Waals surface area (Å²) >= 11 is 0. The van der Waals surface area contributed by atoms with Crippen molar-refractivity contribution in [2.75, 3.05) is 26.2 Å². The molecule has 2 aliphatic rings. The molecular weight excluding hydrogens is 228 g/mol. The van der Waals surface area contributed by atoms with Crippen molar-refractivity contribution in [3.8, 4) is 0 Å². The van der Waals surface area contributed by atoms with Crippen molar-refractivity contribution in [2.24, 2.45) is 5.92 Å². The lowest BCUT2D eigenvalue weighted by molar-refractivity contribution is -0.125. The molecule has 0 aromatic carbocycles. The molecule has 5 heteroatoms. The number of carbonyl (C=O) groups is 1. The molecule has 16 heavy (non-hydrogen) atoms. The fourth-order valence-corrected chi connectivity index (χ4v) is 2.00. The van der Waals surface area contributed by atoms with Crippen LogP contribution in [0.15, 0.2) is 0 Å². The van der Waals surface area contributed by atoms with Gasteiger partial charge in [-0.05, 0) is 19.3 Å². The molecule has 0 aliphatic carbocycles. The Morgan fingerprint density at radius 3 is 2.75 bits per heavy atom. The fourth-order valence-electron chi connectivity index (χ4n) is 2.00. The molecule has 2 N–H and O–H groups in total. The summed E-state index contributed by atoms with van der Waals surface area (Å²) < 4.78 is 5.52. The summed E-state index contributed by atoms with van der Waals surface area (Å²) in [5.74, 6) is 0.787. The van der Waals surface area contributed by atoms with E-state index in [1.165, 1.54) is 6.42 Å². The third-order valence-corrected chi connectivity index (χ3v) is 3.14. The molecule has 2 rings (SSSR count). The first-order chi connectivity index (χ1) is 7.34. The van der Waals surface area contributed by atoms with Gasteiger partial charge in [0.2, 0.25) is 5.91 Å². The molecule has 0 aromatic heterocycles. The Morgan fingerprint density at radius 2 is 2.19 bits per heavy atom. The van der Waals surface area contributed by atoms with Crippen LogP contribution in [0.25, 0.3) is 0 Å². The normalized spacial score (nSPS) is 25.4. The fraction of sp³-hybridized carbons (Fsp3) is 0.909. The summed E-state index contributed by atoms with van der Waals surface area (Å²) in [5.41, 5.74) is 0. The SMILES string of the molecule is Cl.O=C(CC1CCCCO1)NCC1CNC1. The van der Waals surface area contributed by atoms with Gasteiger partial charge in [0.15, 0.2) is 0 Å². The first-order valence-corrected chi connectivity index (χ1v) is 5.93. The number of hydrogen-bond acceptors (Lipinski definition) is 3.